The number of unbranched alkanes of at least 4 members (excludes halogenated alkanes) is 11. The van der Waals surface area contributed by atoms with E-state index in [0.29, 0.717) is 6.79 Å². The van der Waals surface area contributed by atoms with E-state index >= 15 is 0 Å². The summed E-state index contributed by atoms with van der Waals surface area (Å²) in [5.41, 5.74) is 0. The Morgan fingerprint density at radius 3 is 1.60 bits per heavy atom. The molecule has 0 saturated heterocycles. The van der Waals surface area contributed by atoms with E-state index in [2.05, 4.69) is 38.2 Å². The maximum absolute atomic E-state index is 5.53. The van der Waals surface area contributed by atoms with E-state index in [9.17, 15) is 0 Å². The van der Waals surface area contributed by atoms with Gasteiger partial charge in [0.15, 0.2) is 0 Å². The van der Waals surface area contributed by atoms with Gasteiger partial charge in [-0.3, -0.25) is 0 Å². The third-order valence-corrected chi connectivity index (χ3v) is 4.33. The molecule has 0 spiro atoms. The fraction of sp³-hybridized carbons (Fsp3) is 0.826. The molecule has 0 aromatic heterocycles. The lowest BCUT2D eigenvalue weighted by atomic mass is 10.1. The van der Waals surface area contributed by atoms with Gasteiger partial charge in [0, 0.05) is 13.2 Å². The van der Waals surface area contributed by atoms with Gasteiger partial charge in [-0.05, 0) is 32.1 Å². The average Bonchev–Trinajstić information content (AvgIpc) is 2.63. The standard InChI is InChI=1S/C23H44O2/c1-3-5-7-9-11-13-14-16-18-20-22-25-23-24-21-19-17-15-12-10-8-6-4-2/h9,11,13-14H,3-8,10,12,15-23H2,1-2H3. The van der Waals surface area contributed by atoms with E-state index in [0.717, 1.165) is 26.1 Å². The normalized spacial score (nSPS) is 11.9. The Kier molecular flexibility index (Phi) is 22.8. The summed E-state index contributed by atoms with van der Waals surface area (Å²) < 4.78 is 11.0. The number of allylic oxidation sites excluding steroid dienone is 4. The van der Waals surface area contributed by atoms with Crippen LogP contribution >= 0.6 is 0 Å². The number of rotatable bonds is 20. The Morgan fingerprint density at radius 1 is 0.520 bits per heavy atom. The fourth-order valence-electron chi connectivity index (χ4n) is 2.65. The van der Waals surface area contributed by atoms with Crippen LogP contribution in [0.3, 0.4) is 0 Å². The molecular weight excluding hydrogens is 308 g/mol. The molecule has 148 valence electrons. The molecular formula is C23H44O2. The molecule has 2 nitrogen and oxygen atoms in total. The molecule has 0 aromatic rings. The predicted molar refractivity (Wildman–Crippen MR) is 111 cm³/mol. The minimum Gasteiger partial charge on any atom is -0.355 e. The zero-order valence-electron chi connectivity index (χ0n) is 17.1. The van der Waals surface area contributed by atoms with E-state index in [4.69, 9.17) is 9.47 Å². The Bertz CT molecular complexity index is 284. The molecule has 0 aliphatic rings. The van der Waals surface area contributed by atoms with Crippen molar-refractivity contribution >= 4 is 0 Å². The molecule has 0 fully saturated rings. The molecule has 0 amide bonds. The first-order valence-corrected chi connectivity index (χ1v) is 10.9. The van der Waals surface area contributed by atoms with Crippen LogP contribution in [0.4, 0.5) is 0 Å². The van der Waals surface area contributed by atoms with Crippen LogP contribution in [0.1, 0.15) is 104 Å². The minimum absolute atomic E-state index is 0.465. The van der Waals surface area contributed by atoms with Crippen molar-refractivity contribution in [1.82, 2.24) is 0 Å². The molecule has 0 heterocycles. The second kappa shape index (κ2) is 23.4. The maximum atomic E-state index is 5.53. The highest BCUT2D eigenvalue weighted by Gasteiger charge is 1.93. The fourth-order valence-corrected chi connectivity index (χ4v) is 2.65. The van der Waals surface area contributed by atoms with Gasteiger partial charge in [0.25, 0.3) is 0 Å². The smallest absolute Gasteiger partial charge is 0.146 e. The maximum Gasteiger partial charge on any atom is 0.146 e. The third kappa shape index (κ3) is 23.4. The van der Waals surface area contributed by atoms with E-state index < -0.39 is 0 Å². The van der Waals surface area contributed by atoms with E-state index in [1.54, 1.807) is 0 Å². The lowest BCUT2D eigenvalue weighted by molar-refractivity contribution is -0.0554. The molecule has 0 aliphatic heterocycles. The van der Waals surface area contributed by atoms with Crippen molar-refractivity contribution in [2.45, 2.75) is 104 Å². The first kappa shape index (κ1) is 24.4. The van der Waals surface area contributed by atoms with Gasteiger partial charge in [0.05, 0.1) is 0 Å². The molecule has 0 N–H and O–H groups in total. The molecule has 0 aromatic carbocycles. The highest BCUT2D eigenvalue weighted by Crippen LogP contribution is 2.08. The number of hydrogen-bond donors (Lipinski definition) is 0. The Hall–Kier alpha value is -0.600. The van der Waals surface area contributed by atoms with Crippen molar-refractivity contribution in [3.63, 3.8) is 0 Å². The summed E-state index contributed by atoms with van der Waals surface area (Å²) in [6, 6.07) is 0. The van der Waals surface area contributed by atoms with Gasteiger partial charge in [-0.25, -0.2) is 0 Å². The van der Waals surface area contributed by atoms with Crippen molar-refractivity contribution in [3.8, 4) is 0 Å². The van der Waals surface area contributed by atoms with Crippen LogP contribution in [0.5, 0.6) is 0 Å². The van der Waals surface area contributed by atoms with Crippen LogP contribution in [0.15, 0.2) is 24.3 Å². The molecule has 25 heavy (non-hydrogen) atoms. The first-order chi connectivity index (χ1) is 12.4. The SMILES string of the molecule is CCCCC=CC=CCCCCOCOCCCCCCCCCC. The highest BCUT2D eigenvalue weighted by molar-refractivity contribution is 5.02. The Balaban J connectivity index is 3.07. The van der Waals surface area contributed by atoms with Crippen molar-refractivity contribution in [2.24, 2.45) is 0 Å². The molecule has 0 rings (SSSR count). The van der Waals surface area contributed by atoms with Gasteiger partial charge in [-0.1, -0.05) is 95.9 Å². The summed E-state index contributed by atoms with van der Waals surface area (Å²) in [6.45, 7) is 6.63. The molecule has 0 radical (unpaired) electrons. The van der Waals surface area contributed by atoms with Crippen LogP contribution in [-0.2, 0) is 9.47 Å². The van der Waals surface area contributed by atoms with Crippen LogP contribution in [0, 0.1) is 0 Å². The van der Waals surface area contributed by atoms with Crippen LogP contribution in [-0.4, -0.2) is 20.0 Å². The zero-order valence-corrected chi connectivity index (χ0v) is 17.1. The molecule has 0 saturated carbocycles. The van der Waals surface area contributed by atoms with Gasteiger partial charge >= 0.3 is 0 Å². The van der Waals surface area contributed by atoms with Gasteiger partial charge in [0.1, 0.15) is 6.79 Å². The summed E-state index contributed by atoms with van der Waals surface area (Å²) in [4.78, 5) is 0. The zero-order chi connectivity index (χ0) is 18.3. The largest absolute Gasteiger partial charge is 0.355 e. The quantitative estimate of drug-likeness (QED) is 0.128. The molecule has 0 unspecified atom stereocenters. The topological polar surface area (TPSA) is 18.5 Å². The lowest BCUT2D eigenvalue weighted by Gasteiger charge is -2.05. The first-order valence-electron chi connectivity index (χ1n) is 10.9. The second-order valence-electron chi connectivity index (χ2n) is 6.90. The van der Waals surface area contributed by atoms with Gasteiger partial charge in [-0.2, -0.15) is 0 Å². The summed E-state index contributed by atoms with van der Waals surface area (Å²) in [6.07, 6.45) is 26.8. The molecule has 2 heteroatoms. The van der Waals surface area contributed by atoms with Gasteiger partial charge in [-0.15, -0.1) is 0 Å². The summed E-state index contributed by atoms with van der Waals surface area (Å²) in [5.74, 6) is 0. The molecule has 0 bridgehead atoms. The molecule has 0 atom stereocenters. The van der Waals surface area contributed by atoms with Crippen molar-refractivity contribution in [1.29, 1.82) is 0 Å². The summed E-state index contributed by atoms with van der Waals surface area (Å²) in [7, 11) is 0. The van der Waals surface area contributed by atoms with Crippen molar-refractivity contribution in [3.05, 3.63) is 24.3 Å². The molecule has 0 aliphatic carbocycles. The van der Waals surface area contributed by atoms with Crippen LogP contribution in [0.25, 0.3) is 0 Å². The summed E-state index contributed by atoms with van der Waals surface area (Å²) >= 11 is 0. The Labute approximate surface area is 158 Å². The van der Waals surface area contributed by atoms with Crippen molar-refractivity contribution < 1.29 is 9.47 Å². The van der Waals surface area contributed by atoms with Crippen LogP contribution < -0.4 is 0 Å². The minimum atomic E-state index is 0.465. The van der Waals surface area contributed by atoms with E-state index in [-0.39, 0.29) is 0 Å². The van der Waals surface area contributed by atoms with E-state index in [1.165, 1.54) is 77.0 Å². The number of hydrogen-bond acceptors (Lipinski definition) is 2. The van der Waals surface area contributed by atoms with Crippen LogP contribution in [0.2, 0.25) is 0 Å². The van der Waals surface area contributed by atoms with Gasteiger partial charge < -0.3 is 9.47 Å². The Morgan fingerprint density at radius 2 is 1.00 bits per heavy atom. The summed E-state index contributed by atoms with van der Waals surface area (Å²) in [5, 5.41) is 0. The van der Waals surface area contributed by atoms with Gasteiger partial charge in [0.2, 0.25) is 0 Å². The third-order valence-electron chi connectivity index (χ3n) is 4.33. The van der Waals surface area contributed by atoms with Crippen molar-refractivity contribution in [2.75, 3.05) is 20.0 Å². The van der Waals surface area contributed by atoms with E-state index in [1.807, 2.05) is 0 Å². The predicted octanol–water partition coefficient (Wildman–Crippen LogP) is 7.59. The number of ether oxygens (including phenoxy) is 2. The average molecular weight is 353 g/mol. The highest BCUT2D eigenvalue weighted by atomic mass is 16.7. The lowest BCUT2D eigenvalue weighted by Crippen LogP contribution is -2.02. The second-order valence-corrected chi connectivity index (χ2v) is 6.90. The monoisotopic (exact) mass is 352 g/mol.